The highest BCUT2D eigenvalue weighted by Gasteiger charge is 2.40. The summed E-state index contributed by atoms with van der Waals surface area (Å²) in [5.41, 5.74) is 0. The molecule has 66 valence electrons. The molecular weight excluding hydrogens is 152 g/mol. The van der Waals surface area contributed by atoms with Crippen LogP contribution < -0.4 is 0 Å². The quantitative estimate of drug-likeness (QED) is 0.461. The van der Waals surface area contributed by atoms with Crippen LogP contribution in [-0.2, 0) is 9.53 Å². The summed E-state index contributed by atoms with van der Waals surface area (Å²) in [4.78, 5) is 11.4. The summed E-state index contributed by atoms with van der Waals surface area (Å²) in [6.07, 6.45) is 6.60. The van der Waals surface area contributed by atoms with Gasteiger partial charge in [0.15, 0.2) is 0 Å². The van der Waals surface area contributed by atoms with Crippen LogP contribution in [0.4, 0.5) is 0 Å². The maximum Gasteiger partial charge on any atom is 0.309 e. The minimum Gasteiger partial charge on any atom is -0.466 e. The minimum atomic E-state index is 0.00866. The van der Waals surface area contributed by atoms with Crippen molar-refractivity contribution in [3.63, 3.8) is 0 Å². The second kappa shape index (κ2) is 2.92. The van der Waals surface area contributed by atoms with Crippen molar-refractivity contribution in [1.29, 1.82) is 0 Å². The Morgan fingerprint density at radius 2 is 2.33 bits per heavy atom. The van der Waals surface area contributed by atoms with Crippen molar-refractivity contribution in [1.82, 2.24) is 0 Å². The van der Waals surface area contributed by atoms with Crippen LogP contribution in [0.1, 0.15) is 19.8 Å². The Balaban J connectivity index is 1.98. The first-order chi connectivity index (χ1) is 5.81. The van der Waals surface area contributed by atoms with E-state index in [1.165, 1.54) is 6.42 Å². The zero-order valence-electron chi connectivity index (χ0n) is 7.32. The van der Waals surface area contributed by atoms with Crippen LogP contribution >= 0.6 is 0 Å². The molecule has 2 heteroatoms. The standard InChI is InChI=1S/C10H14O2/c1-2-12-10(11)9-6-7-3-4-8(9)5-7/h3-4,7-9H,2,5-6H2,1H3/t7-,8+,9-/m1/s1. The van der Waals surface area contributed by atoms with Gasteiger partial charge in [0.1, 0.15) is 0 Å². The fourth-order valence-electron chi connectivity index (χ4n) is 2.30. The third kappa shape index (κ3) is 1.15. The Morgan fingerprint density at radius 1 is 1.50 bits per heavy atom. The number of hydrogen-bond acceptors (Lipinski definition) is 2. The van der Waals surface area contributed by atoms with Crippen molar-refractivity contribution < 1.29 is 9.53 Å². The van der Waals surface area contributed by atoms with Gasteiger partial charge >= 0.3 is 5.97 Å². The Hall–Kier alpha value is -0.790. The van der Waals surface area contributed by atoms with E-state index in [1.54, 1.807) is 0 Å². The third-order valence-corrected chi connectivity index (χ3v) is 2.87. The molecule has 0 unspecified atom stereocenters. The van der Waals surface area contributed by atoms with Crippen molar-refractivity contribution in [2.75, 3.05) is 6.61 Å². The highest BCUT2D eigenvalue weighted by Crippen LogP contribution is 2.43. The first kappa shape index (κ1) is 7.84. The highest BCUT2D eigenvalue weighted by atomic mass is 16.5. The maximum absolute atomic E-state index is 11.4. The summed E-state index contributed by atoms with van der Waals surface area (Å²) in [6.45, 7) is 2.37. The lowest BCUT2D eigenvalue weighted by Gasteiger charge is -2.15. The fourth-order valence-corrected chi connectivity index (χ4v) is 2.30. The van der Waals surface area contributed by atoms with Gasteiger partial charge in [0.05, 0.1) is 12.5 Å². The molecule has 12 heavy (non-hydrogen) atoms. The van der Waals surface area contributed by atoms with E-state index in [1.807, 2.05) is 6.92 Å². The Kier molecular flexibility index (Phi) is 1.91. The predicted octanol–water partition coefficient (Wildman–Crippen LogP) is 1.76. The van der Waals surface area contributed by atoms with E-state index in [0.29, 0.717) is 18.4 Å². The van der Waals surface area contributed by atoms with Gasteiger partial charge in [-0.25, -0.2) is 0 Å². The van der Waals surface area contributed by atoms with Crippen LogP contribution in [0, 0.1) is 17.8 Å². The molecular formula is C10H14O2. The molecule has 0 saturated heterocycles. The second-order valence-corrected chi connectivity index (χ2v) is 3.64. The van der Waals surface area contributed by atoms with Crippen LogP contribution in [0.5, 0.6) is 0 Å². The predicted molar refractivity (Wildman–Crippen MR) is 45.5 cm³/mol. The van der Waals surface area contributed by atoms with E-state index in [-0.39, 0.29) is 11.9 Å². The van der Waals surface area contributed by atoms with Crippen LogP contribution in [0.3, 0.4) is 0 Å². The van der Waals surface area contributed by atoms with E-state index >= 15 is 0 Å². The summed E-state index contributed by atoms with van der Waals surface area (Å²) in [5.74, 6) is 1.31. The van der Waals surface area contributed by atoms with Gasteiger partial charge in [0.2, 0.25) is 0 Å². The van der Waals surface area contributed by atoms with Gasteiger partial charge in [0, 0.05) is 0 Å². The van der Waals surface area contributed by atoms with Gasteiger partial charge < -0.3 is 4.74 Å². The van der Waals surface area contributed by atoms with Gasteiger partial charge in [-0.15, -0.1) is 0 Å². The summed E-state index contributed by atoms with van der Waals surface area (Å²) >= 11 is 0. The third-order valence-electron chi connectivity index (χ3n) is 2.87. The lowest BCUT2D eigenvalue weighted by molar-refractivity contribution is -0.148. The molecule has 2 aliphatic rings. The van der Waals surface area contributed by atoms with E-state index in [0.717, 1.165) is 6.42 Å². The maximum atomic E-state index is 11.4. The Bertz CT molecular complexity index is 220. The number of hydrogen-bond donors (Lipinski definition) is 0. The first-order valence-electron chi connectivity index (χ1n) is 4.66. The lowest BCUT2D eigenvalue weighted by atomic mass is 9.94. The highest BCUT2D eigenvalue weighted by molar-refractivity contribution is 5.74. The van der Waals surface area contributed by atoms with Crippen LogP contribution in [-0.4, -0.2) is 12.6 Å². The number of carbonyl (C=O) groups is 1. The summed E-state index contributed by atoms with van der Waals surface area (Å²) in [6, 6.07) is 0. The molecule has 2 nitrogen and oxygen atoms in total. The van der Waals surface area contributed by atoms with E-state index < -0.39 is 0 Å². The van der Waals surface area contributed by atoms with E-state index in [4.69, 9.17) is 4.74 Å². The van der Waals surface area contributed by atoms with Gasteiger partial charge in [-0.05, 0) is 31.6 Å². The van der Waals surface area contributed by atoms with Crippen LogP contribution in [0.2, 0.25) is 0 Å². The SMILES string of the molecule is CCOC(=O)[C@@H]1C[C@@H]2C=C[C@H]1C2. The van der Waals surface area contributed by atoms with Gasteiger partial charge in [-0.3, -0.25) is 4.79 Å². The molecule has 3 atom stereocenters. The van der Waals surface area contributed by atoms with Gasteiger partial charge in [0.25, 0.3) is 0 Å². The Labute approximate surface area is 72.6 Å². The molecule has 0 N–H and O–H groups in total. The van der Waals surface area contributed by atoms with Gasteiger partial charge in [-0.2, -0.15) is 0 Å². The molecule has 0 aromatic heterocycles. The molecule has 0 aromatic carbocycles. The van der Waals surface area contributed by atoms with Crippen LogP contribution in [0.15, 0.2) is 12.2 Å². The summed E-state index contributed by atoms with van der Waals surface area (Å²) < 4.78 is 5.01. The number of rotatable bonds is 2. The van der Waals surface area contributed by atoms with Crippen molar-refractivity contribution >= 4 is 5.97 Å². The lowest BCUT2D eigenvalue weighted by Crippen LogP contribution is -2.21. The number of esters is 1. The average molecular weight is 166 g/mol. The second-order valence-electron chi connectivity index (χ2n) is 3.64. The normalized spacial score (nSPS) is 37.2. The zero-order chi connectivity index (χ0) is 8.55. The molecule has 2 bridgehead atoms. The topological polar surface area (TPSA) is 26.3 Å². The van der Waals surface area contributed by atoms with Crippen molar-refractivity contribution in [3.8, 4) is 0 Å². The molecule has 0 spiro atoms. The zero-order valence-corrected chi connectivity index (χ0v) is 7.32. The molecule has 0 amide bonds. The molecule has 2 aliphatic carbocycles. The molecule has 0 aliphatic heterocycles. The molecule has 0 radical (unpaired) electrons. The van der Waals surface area contributed by atoms with Gasteiger partial charge in [-0.1, -0.05) is 12.2 Å². The van der Waals surface area contributed by atoms with Crippen LogP contribution in [0.25, 0.3) is 0 Å². The first-order valence-corrected chi connectivity index (χ1v) is 4.66. The average Bonchev–Trinajstić information content (AvgIpc) is 2.64. The Morgan fingerprint density at radius 3 is 2.83 bits per heavy atom. The number of ether oxygens (including phenoxy) is 1. The van der Waals surface area contributed by atoms with Crippen molar-refractivity contribution in [2.24, 2.45) is 17.8 Å². The van der Waals surface area contributed by atoms with Crippen molar-refractivity contribution in [2.45, 2.75) is 19.8 Å². The fraction of sp³-hybridized carbons (Fsp3) is 0.700. The van der Waals surface area contributed by atoms with E-state index in [9.17, 15) is 4.79 Å². The molecule has 1 saturated carbocycles. The number of allylic oxidation sites excluding steroid dienone is 2. The molecule has 0 aromatic rings. The summed E-state index contributed by atoms with van der Waals surface area (Å²) in [5, 5.41) is 0. The number of carbonyl (C=O) groups excluding carboxylic acids is 1. The minimum absolute atomic E-state index is 0.00866. The molecule has 2 rings (SSSR count). The van der Waals surface area contributed by atoms with E-state index in [2.05, 4.69) is 12.2 Å². The largest absolute Gasteiger partial charge is 0.466 e. The number of fused-ring (bicyclic) bond motifs is 2. The van der Waals surface area contributed by atoms with Crippen molar-refractivity contribution in [3.05, 3.63) is 12.2 Å². The molecule has 1 fully saturated rings. The smallest absolute Gasteiger partial charge is 0.309 e. The summed E-state index contributed by atoms with van der Waals surface area (Å²) in [7, 11) is 0. The molecule has 0 heterocycles. The monoisotopic (exact) mass is 166 g/mol.